The summed E-state index contributed by atoms with van der Waals surface area (Å²) in [6.07, 6.45) is 0. The lowest BCUT2D eigenvalue weighted by molar-refractivity contribution is -0.124. The quantitative estimate of drug-likeness (QED) is 0.790. The Hall–Kier alpha value is -1.84. The molecule has 1 aromatic rings. The number of fused-ring (bicyclic) bond motifs is 1. The minimum atomic E-state index is -0.255. The van der Waals surface area contributed by atoms with Crippen LogP contribution < -0.4 is 9.80 Å². The Kier molecular flexibility index (Phi) is 3.36. The molecule has 4 heteroatoms. The third kappa shape index (κ3) is 1.99. The molecule has 0 N–H and O–H groups in total. The van der Waals surface area contributed by atoms with Crippen LogP contribution in [0.2, 0.25) is 0 Å². The average Bonchev–Trinajstić information content (AvgIpc) is 2.51. The first-order valence-electron chi connectivity index (χ1n) is 6.86. The van der Waals surface area contributed by atoms with E-state index in [0.29, 0.717) is 11.7 Å². The molecule has 2 rings (SSSR count). The lowest BCUT2D eigenvalue weighted by Gasteiger charge is -2.28. The van der Waals surface area contributed by atoms with Crippen molar-refractivity contribution >= 4 is 23.2 Å². The zero-order valence-electron chi connectivity index (χ0n) is 13.0. The molecule has 0 aromatic heterocycles. The van der Waals surface area contributed by atoms with Crippen LogP contribution in [0.5, 0.6) is 0 Å². The smallest absolute Gasteiger partial charge is 0.230 e. The van der Waals surface area contributed by atoms with Gasteiger partial charge in [-0.1, -0.05) is 13.8 Å². The van der Waals surface area contributed by atoms with E-state index in [4.69, 9.17) is 0 Å². The van der Waals surface area contributed by atoms with Crippen LogP contribution in [0.3, 0.4) is 0 Å². The Morgan fingerprint density at radius 3 is 2.25 bits per heavy atom. The summed E-state index contributed by atoms with van der Waals surface area (Å²) in [4.78, 5) is 26.8. The van der Waals surface area contributed by atoms with Gasteiger partial charge in [-0.3, -0.25) is 14.5 Å². The summed E-state index contributed by atoms with van der Waals surface area (Å²) in [5, 5.41) is 0. The van der Waals surface area contributed by atoms with Gasteiger partial charge in [-0.05, 0) is 30.7 Å². The van der Waals surface area contributed by atoms with Crippen LogP contribution >= 0.6 is 0 Å². The van der Waals surface area contributed by atoms with Crippen molar-refractivity contribution in [3.63, 3.8) is 0 Å². The number of anilines is 2. The summed E-state index contributed by atoms with van der Waals surface area (Å²) >= 11 is 0. The van der Waals surface area contributed by atoms with Crippen LogP contribution in [0.15, 0.2) is 18.2 Å². The molecule has 1 atom stereocenters. The molecule has 1 aliphatic heterocycles. The maximum absolute atomic E-state index is 11.7. The van der Waals surface area contributed by atoms with Gasteiger partial charge in [0, 0.05) is 38.0 Å². The van der Waals surface area contributed by atoms with Gasteiger partial charge in [-0.15, -0.1) is 0 Å². The Balaban J connectivity index is 2.56. The standard InChI is InChI=1S/C16H22N2O2/c1-10-16(4,5)14-9-13(7-8-15(14)17(10)6)18(11(2)19)12(3)20/h7-10H,1-6H3/t10-/m0/s1. The highest BCUT2D eigenvalue weighted by atomic mass is 16.2. The van der Waals surface area contributed by atoms with Crippen LogP contribution in [-0.2, 0) is 15.0 Å². The molecular formula is C16H22N2O2. The second-order valence-corrected chi connectivity index (χ2v) is 6.08. The zero-order chi connectivity index (χ0) is 15.2. The van der Waals surface area contributed by atoms with Crippen LogP contribution in [-0.4, -0.2) is 24.9 Å². The van der Waals surface area contributed by atoms with Gasteiger partial charge in [0.05, 0.1) is 5.69 Å². The second-order valence-electron chi connectivity index (χ2n) is 6.08. The van der Waals surface area contributed by atoms with Crippen molar-refractivity contribution < 1.29 is 9.59 Å². The largest absolute Gasteiger partial charge is 0.371 e. The fourth-order valence-electron chi connectivity index (χ4n) is 2.99. The Bertz CT molecular complexity index is 564. The first-order chi connectivity index (χ1) is 9.17. The Morgan fingerprint density at radius 2 is 1.75 bits per heavy atom. The molecule has 1 heterocycles. The lowest BCUT2D eigenvalue weighted by atomic mass is 9.81. The zero-order valence-corrected chi connectivity index (χ0v) is 13.0. The normalized spacial score (nSPS) is 19.7. The highest BCUT2D eigenvalue weighted by Crippen LogP contribution is 2.45. The minimum Gasteiger partial charge on any atom is -0.371 e. The molecule has 0 saturated heterocycles. The molecule has 4 nitrogen and oxygen atoms in total. The summed E-state index contributed by atoms with van der Waals surface area (Å²) in [5.74, 6) is -0.510. The van der Waals surface area contributed by atoms with Gasteiger partial charge >= 0.3 is 0 Å². The van der Waals surface area contributed by atoms with Crippen molar-refractivity contribution in [1.29, 1.82) is 0 Å². The van der Waals surface area contributed by atoms with E-state index < -0.39 is 0 Å². The third-order valence-corrected chi connectivity index (χ3v) is 4.57. The summed E-state index contributed by atoms with van der Waals surface area (Å²) < 4.78 is 0. The van der Waals surface area contributed by atoms with Crippen LogP contribution in [0.4, 0.5) is 11.4 Å². The maximum Gasteiger partial charge on any atom is 0.230 e. The van der Waals surface area contributed by atoms with Crippen LogP contribution in [0.25, 0.3) is 0 Å². The minimum absolute atomic E-state index is 0.0145. The molecule has 0 saturated carbocycles. The monoisotopic (exact) mass is 274 g/mol. The van der Waals surface area contributed by atoms with Gasteiger partial charge in [0.2, 0.25) is 11.8 Å². The molecule has 0 aliphatic carbocycles. The molecule has 1 aliphatic rings. The van der Waals surface area contributed by atoms with Gasteiger partial charge in [0.15, 0.2) is 0 Å². The summed E-state index contributed by atoms with van der Waals surface area (Å²) in [6, 6.07) is 6.18. The van der Waals surface area contributed by atoms with Crippen molar-refractivity contribution in [3.05, 3.63) is 23.8 Å². The molecule has 0 radical (unpaired) electrons. The van der Waals surface area contributed by atoms with Crippen molar-refractivity contribution in [1.82, 2.24) is 0 Å². The maximum atomic E-state index is 11.7. The lowest BCUT2D eigenvalue weighted by Crippen LogP contribution is -2.36. The van der Waals surface area contributed by atoms with Crippen molar-refractivity contribution in [2.45, 2.75) is 46.1 Å². The Labute approximate surface area is 120 Å². The highest BCUT2D eigenvalue weighted by molar-refractivity contribution is 6.13. The van der Waals surface area contributed by atoms with Crippen LogP contribution in [0.1, 0.15) is 40.2 Å². The van der Waals surface area contributed by atoms with Crippen molar-refractivity contribution in [2.24, 2.45) is 0 Å². The number of hydrogen-bond donors (Lipinski definition) is 0. The number of rotatable bonds is 1. The summed E-state index contributed by atoms with van der Waals surface area (Å²) in [6.45, 7) is 9.39. The van der Waals surface area contributed by atoms with Crippen molar-refractivity contribution in [2.75, 3.05) is 16.8 Å². The number of amides is 2. The van der Waals surface area contributed by atoms with Gasteiger partial charge in [0.1, 0.15) is 0 Å². The average molecular weight is 274 g/mol. The van der Waals surface area contributed by atoms with E-state index in [2.05, 4.69) is 32.7 Å². The van der Waals surface area contributed by atoms with E-state index in [-0.39, 0.29) is 17.2 Å². The molecule has 1 aromatic carbocycles. The fourth-order valence-corrected chi connectivity index (χ4v) is 2.99. The number of nitrogens with zero attached hydrogens (tertiary/aromatic N) is 2. The molecule has 0 unspecified atom stereocenters. The molecule has 0 bridgehead atoms. The number of carbonyl (C=O) groups excluding carboxylic acids is 2. The molecule has 2 amide bonds. The van der Waals surface area contributed by atoms with E-state index >= 15 is 0 Å². The predicted octanol–water partition coefficient (Wildman–Crippen LogP) is 2.70. The van der Waals surface area contributed by atoms with E-state index in [9.17, 15) is 9.59 Å². The SMILES string of the molecule is CC(=O)N(C(C)=O)c1ccc2c(c1)C(C)(C)[C@H](C)N2C. The topological polar surface area (TPSA) is 40.6 Å². The second kappa shape index (κ2) is 4.62. The first kappa shape index (κ1) is 14.6. The summed E-state index contributed by atoms with van der Waals surface area (Å²) in [5.41, 5.74) is 2.98. The van der Waals surface area contributed by atoms with Gasteiger partial charge < -0.3 is 4.90 Å². The molecule has 20 heavy (non-hydrogen) atoms. The number of benzene rings is 1. The van der Waals surface area contributed by atoms with E-state index in [1.54, 1.807) is 0 Å². The first-order valence-corrected chi connectivity index (χ1v) is 6.86. The molecular weight excluding hydrogens is 252 g/mol. The van der Waals surface area contributed by atoms with E-state index in [1.165, 1.54) is 30.0 Å². The van der Waals surface area contributed by atoms with E-state index in [1.807, 2.05) is 18.2 Å². The number of imide groups is 1. The molecule has 108 valence electrons. The van der Waals surface area contributed by atoms with Gasteiger partial charge in [-0.2, -0.15) is 0 Å². The van der Waals surface area contributed by atoms with Crippen molar-refractivity contribution in [3.8, 4) is 0 Å². The molecule has 0 spiro atoms. The van der Waals surface area contributed by atoms with E-state index in [0.717, 1.165) is 0 Å². The number of carbonyl (C=O) groups is 2. The summed E-state index contributed by atoms with van der Waals surface area (Å²) in [7, 11) is 2.08. The Morgan fingerprint density at radius 1 is 1.20 bits per heavy atom. The number of likely N-dealkylation sites (N-methyl/N-ethyl adjacent to an activating group) is 1. The fraction of sp³-hybridized carbons (Fsp3) is 0.500. The highest BCUT2D eigenvalue weighted by Gasteiger charge is 2.40. The molecule has 0 fully saturated rings. The number of hydrogen-bond acceptors (Lipinski definition) is 3. The van der Waals surface area contributed by atoms with Crippen LogP contribution in [0, 0.1) is 0 Å². The third-order valence-electron chi connectivity index (χ3n) is 4.57. The van der Waals surface area contributed by atoms with Gasteiger partial charge in [-0.25, -0.2) is 0 Å². The van der Waals surface area contributed by atoms with Gasteiger partial charge in [0.25, 0.3) is 0 Å². The predicted molar refractivity (Wildman–Crippen MR) is 81.2 cm³/mol.